The molecule has 8 nitrogen and oxygen atoms in total. The van der Waals surface area contributed by atoms with Gasteiger partial charge in [0.1, 0.15) is 12.4 Å². The summed E-state index contributed by atoms with van der Waals surface area (Å²) in [5.41, 5.74) is 2.06. The van der Waals surface area contributed by atoms with E-state index in [4.69, 9.17) is 14.2 Å². The number of aromatic amines is 1. The van der Waals surface area contributed by atoms with Crippen molar-refractivity contribution >= 4 is 28.5 Å². The fraction of sp³-hybridized carbons (Fsp3) is 0.278. The fourth-order valence-electron chi connectivity index (χ4n) is 2.93. The number of carbonyl (C=O) groups is 2. The number of hydrogen-bond donors (Lipinski definition) is 1. The molecule has 2 heterocycles. The molecular formula is C18H18N2O6. The molecular weight excluding hydrogens is 340 g/mol. The van der Waals surface area contributed by atoms with Crippen LogP contribution in [0.2, 0.25) is 0 Å². The van der Waals surface area contributed by atoms with Gasteiger partial charge in [-0.2, -0.15) is 0 Å². The van der Waals surface area contributed by atoms with Crippen LogP contribution in [0.3, 0.4) is 0 Å². The lowest BCUT2D eigenvalue weighted by Crippen LogP contribution is -2.38. The van der Waals surface area contributed by atoms with E-state index in [-0.39, 0.29) is 30.2 Å². The highest BCUT2D eigenvalue weighted by atomic mass is 16.5. The van der Waals surface area contributed by atoms with E-state index in [2.05, 4.69) is 4.98 Å². The van der Waals surface area contributed by atoms with Crippen LogP contribution in [0.15, 0.2) is 40.3 Å². The smallest absolute Gasteiger partial charge is 0.355 e. The minimum Gasteiger partial charge on any atom is -0.466 e. The van der Waals surface area contributed by atoms with Crippen molar-refractivity contribution in [2.75, 3.05) is 32.5 Å². The first-order valence-electron chi connectivity index (χ1n) is 7.85. The van der Waals surface area contributed by atoms with E-state index in [0.29, 0.717) is 11.2 Å². The van der Waals surface area contributed by atoms with Gasteiger partial charge in [0.15, 0.2) is 0 Å². The average Bonchev–Trinajstić information content (AvgIpc) is 2.65. The maximum absolute atomic E-state index is 12.3. The minimum absolute atomic E-state index is 0.0481. The minimum atomic E-state index is -0.660. The summed E-state index contributed by atoms with van der Waals surface area (Å²) >= 11 is 0. The molecule has 1 aromatic heterocycles. The number of benzene rings is 1. The summed E-state index contributed by atoms with van der Waals surface area (Å²) in [4.78, 5) is 40.3. The van der Waals surface area contributed by atoms with Crippen LogP contribution >= 0.6 is 0 Å². The first kappa shape index (κ1) is 17.7. The van der Waals surface area contributed by atoms with Gasteiger partial charge in [-0.1, -0.05) is 0 Å². The lowest BCUT2D eigenvalue weighted by atomic mass is 10.1. The second-order valence-electron chi connectivity index (χ2n) is 5.76. The second-order valence-corrected chi connectivity index (χ2v) is 5.76. The molecule has 0 amide bonds. The van der Waals surface area contributed by atoms with Gasteiger partial charge < -0.3 is 24.1 Å². The topological polar surface area (TPSA) is 97.9 Å². The number of ether oxygens (including phenoxy) is 3. The number of carbonyl (C=O) groups excluding carboxylic acids is 2. The molecule has 0 spiro atoms. The van der Waals surface area contributed by atoms with Gasteiger partial charge in [-0.25, -0.2) is 9.59 Å². The van der Waals surface area contributed by atoms with Gasteiger partial charge >= 0.3 is 11.9 Å². The first-order valence-corrected chi connectivity index (χ1v) is 7.85. The third-order valence-electron chi connectivity index (χ3n) is 4.18. The van der Waals surface area contributed by atoms with Crippen LogP contribution in [-0.4, -0.2) is 44.5 Å². The number of H-pyrrole nitrogens is 1. The van der Waals surface area contributed by atoms with Crippen molar-refractivity contribution in [2.45, 2.75) is 6.92 Å². The zero-order chi connectivity index (χ0) is 18.8. The van der Waals surface area contributed by atoms with Gasteiger partial charge in [0, 0.05) is 22.7 Å². The van der Waals surface area contributed by atoms with Crippen molar-refractivity contribution < 1.29 is 23.8 Å². The van der Waals surface area contributed by atoms with Crippen LogP contribution in [0.25, 0.3) is 10.9 Å². The molecule has 26 heavy (non-hydrogen) atoms. The van der Waals surface area contributed by atoms with Crippen molar-refractivity contribution in [2.24, 2.45) is 0 Å². The van der Waals surface area contributed by atoms with Crippen molar-refractivity contribution in [3.05, 3.63) is 51.5 Å². The van der Waals surface area contributed by atoms with Crippen LogP contribution in [0.1, 0.15) is 5.56 Å². The number of esters is 2. The maximum Gasteiger partial charge on any atom is 0.355 e. The van der Waals surface area contributed by atoms with Crippen LogP contribution in [0.5, 0.6) is 0 Å². The van der Waals surface area contributed by atoms with Gasteiger partial charge in [-0.3, -0.25) is 4.79 Å². The number of aromatic nitrogens is 1. The molecule has 0 saturated carbocycles. The number of fused-ring (bicyclic) bond motifs is 1. The Balaban J connectivity index is 2.17. The monoisotopic (exact) mass is 358 g/mol. The Labute approximate surface area is 149 Å². The Morgan fingerprint density at radius 2 is 1.88 bits per heavy atom. The summed E-state index contributed by atoms with van der Waals surface area (Å²) < 4.78 is 15.1. The van der Waals surface area contributed by atoms with Gasteiger partial charge in [0.2, 0.25) is 5.56 Å². The third kappa shape index (κ3) is 3.06. The maximum atomic E-state index is 12.3. The number of hydrogen-bond acceptors (Lipinski definition) is 7. The lowest BCUT2D eigenvalue weighted by molar-refractivity contribution is -0.140. The van der Waals surface area contributed by atoms with Gasteiger partial charge in [-0.15, -0.1) is 0 Å². The predicted octanol–water partition coefficient (Wildman–Crippen LogP) is 1.23. The number of rotatable bonds is 3. The summed E-state index contributed by atoms with van der Waals surface area (Å²) in [5.74, 6) is -1.32. The zero-order valence-electron chi connectivity index (χ0n) is 14.6. The SMILES string of the molecule is COC(=O)C1=C(C(=O)OC)N(c2ccc3[nH]c(=O)cc(C)c3c2)COC1. The van der Waals surface area contributed by atoms with E-state index in [0.717, 1.165) is 10.9 Å². The standard InChI is InChI=1S/C18H18N2O6/c1-10-6-15(21)19-14-5-4-11(7-12(10)14)20-9-26-8-13(17(22)24-2)16(20)18(23)25-3/h4-7H,8-9H2,1-3H3,(H,19,21). The molecule has 0 radical (unpaired) electrons. The second kappa shape index (κ2) is 7.01. The fourth-order valence-corrected chi connectivity index (χ4v) is 2.93. The molecule has 1 aromatic carbocycles. The molecule has 0 fully saturated rings. The molecule has 136 valence electrons. The number of nitrogens with zero attached hydrogens (tertiary/aromatic N) is 1. The molecule has 1 aliphatic rings. The largest absolute Gasteiger partial charge is 0.466 e. The van der Waals surface area contributed by atoms with Gasteiger partial charge in [-0.05, 0) is 30.7 Å². The summed E-state index contributed by atoms with van der Waals surface area (Å²) in [6, 6.07) is 6.77. The molecule has 1 N–H and O–H groups in total. The molecule has 0 unspecified atom stereocenters. The lowest BCUT2D eigenvalue weighted by Gasteiger charge is -2.31. The molecule has 0 atom stereocenters. The van der Waals surface area contributed by atoms with E-state index in [1.165, 1.54) is 20.3 Å². The van der Waals surface area contributed by atoms with E-state index < -0.39 is 11.9 Å². The van der Waals surface area contributed by atoms with Crippen LogP contribution in [0, 0.1) is 6.92 Å². The van der Waals surface area contributed by atoms with Crippen molar-refractivity contribution in [1.29, 1.82) is 0 Å². The van der Waals surface area contributed by atoms with Crippen molar-refractivity contribution in [1.82, 2.24) is 4.98 Å². The van der Waals surface area contributed by atoms with Crippen LogP contribution in [0.4, 0.5) is 5.69 Å². The Hall–Kier alpha value is -3.13. The van der Waals surface area contributed by atoms with Crippen molar-refractivity contribution in [3.63, 3.8) is 0 Å². The molecule has 0 saturated heterocycles. The number of methoxy groups -OCH3 is 2. The highest BCUT2D eigenvalue weighted by Gasteiger charge is 2.32. The number of anilines is 1. The summed E-state index contributed by atoms with van der Waals surface area (Å²) in [7, 11) is 2.48. The molecule has 2 aromatic rings. The van der Waals surface area contributed by atoms with Gasteiger partial charge in [0.25, 0.3) is 0 Å². The zero-order valence-corrected chi connectivity index (χ0v) is 14.6. The Bertz CT molecular complexity index is 975. The average molecular weight is 358 g/mol. The summed E-state index contributed by atoms with van der Waals surface area (Å²) in [5, 5.41) is 0.816. The molecule has 3 rings (SSSR count). The molecule has 0 bridgehead atoms. The number of pyridine rings is 1. The Kier molecular flexibility index (Phi) is 4.77. The third-order valence-corrected chi connectivity index (χ3v) is 4.18. The normalized spacial score (nSPS) is 14.5. The van der Waals surface area contributed by atoms with Crippen LogP contribution < -0.4 is 10.5 Å². The Morgan fingerprint density at radius 1 is 1.15 bits per heavy atom. The first-order chi connectivity index (χ1) is 12.5. The predicted molar refractivity (Wildman–Crippen MR) is 93.7 cm³/mol. The van der Waals surface area contributed by atoms with Crippen LogP contribution in [-0.2, 0) is 23.8 Å². The summed E-state index contributed by atoms with van der Waals surface area (Å²) in [6.07, 6.45) is 0. The van der Waals surface area contributed by atoms with E-state index in [1.807, 2.05) is 13.0 Å². The highest BCUT2D eigenvalue weighted by Crippen LogP contribution is 2.29. The number of aryl methyl sites for hydroxylation is 1. The van der Waals surface area contributed by atoms with E-state index >= 15 is 0 Å². The molecule has 0 aliphatic carbocycles. The summed E-state index contributed by atoms with van der Waals surface area (Å²) in [6.45, 7) is 1.84. The Morgan fingerprint density at radius 3 is 2.58 bits per heavy atom. The quantitative estimate of drug-likeness (QED) is 0.824. The number of nitrogens with one attached hydrogen (secondary N) is 1. The molecule has 8 heteroatoms. The molecule has 1 aliphatic heterocycles. The van der Waals surface area contributed by atoms with E-state index in [9.17, 15) is 14.4 Å². The van der Waals surface area contributed by atoms with E-state index in [1.54, 1.807) is 17.0 Å². The van der Waals surface area contributed by atoms with Crippen molar-refractivity contribution in [3.8, 4) is 0 Å². The van der Waals surface area contributed by atoms with Gasteiger partial charge in [0.05, 0.1) is 26.4 Å². The highest BCUT2D eigenvalue weighted by molar-refractivity contribution is 6.03.